The molecule has 0 saturated heterocycles. The van der Waals surface area contributed by atoms with Gasteiger partial charge in [-0.15, -0.1) is 18.4 Å². The molecule has 25 heavy (non-hydrogen) atoms. The van der Waals surface area contributed by atoms with Gasteiger partial charge < -0.3 is 0 Å². The summed E-state index contributed by atoms with van der Waals surface area (Å²) in [6, 6.07) is 15.8. The van der Waals surface area contributed by atoms with Crippen LogP contribution in [0.15, 0.2) is 81.4 Å². The maximum atomic E-state index is 4.30. The fraction of sp³-hybridized carbons (Fsp3) is 0.227. The second kappa shape index (κ2) is 12.1. The fourth-order valence-electron chi connectivity index (χ4n) is 1.84. The molecule has 1 aliphatic heterocycles. The highest BCUT2D eigenvalue weighted by molar-refractivity contribution is 7.80. The summed E-state index contributed by atoms with van der Waals surface area (Å²) in [5.74, 6) is 0.484. The molecule has 2 aromatic carbocycles. The second-order valence-electron chi connectivity index (χ2n) is 5.33. The van der Waals surface area contributed by atoms with Crippen molar-refractivity contribution in [3.05, 3.63) is 77.1 Å². The summed E-state index contributed by atoms with van der Waals surface area (Å²) in [4.78, 5) is 9.42. The van der Waals surface area contributed by atoms with Crippen LogP contribution in [0.5, 0.6) is 0 Å². The Bertz CT molecular complexity index is 819. The molecule has 0 aliphatic carbocycles. The van der Waals surface area contributed by atoms with E-state index in [4.69, 9.17) is 0 Å². The minimum absolute atomic E-state index is 0.484. The Kier molecular flexibility index (Phi) is 10.00. The smallest absolute Gasteiger partial charge is 0.0758 e. The first-order valence-corrected chi connectivity index (χ1v) is 8.98. The first kappa shape index (κ1) is 20.7. The van der Waals surface area contributed by atoms with Crippen molar-refractivity contribution >= 4 is 30.6 Å². The number of para-hydroxylation sites is 2. The van der Waals surface area contributed by atoms with Crippen molar-refractivity contribution in [1.82, 2.24) is 0 Å². The lowest BCUT2D eigenvalue weighted by Crippen LogP contribution is -2.22. The molecule has 130 valence electrons. The predicted octanol–water partition coefficient (Wildman–Crippen LogP) is 5.13. The summed E-state index contributed by atoms with van der Waals surface area (Å²) < 4.78 is 0. The normalized spacial score (nSPS) is 11.3. The Labute approximate surface area is 156 Å². The van der Waals surface area contributed by atoms with Crippen LogP contribution in [0.25, 0.3) is 6.08 Å². The average molecular weight is 351 g/mol. The first-order chi connectivity index (χ1) is 12.2. The summed E-state index contributed by atoms with van der Waals surface area (Å²) in [6.45, 7) is 8.20. The van der Waals surface area contributed by atoms with Crippen molar-refractivity contribution in [3.63, 3.8) is 0 Å². The third kappa shape index (κ3) is 7.84. The van der Waals surface area contributed by atoms with Crippen molar-refractivity contribution in [2.45, 2.75) is 32.6 Å². The average Bonchev–Trinajstić information content (AvgIpc) is 2.89. The molecule has 1 aliphatic rings. The Hall–Kier alpha value is -2.35. The molecule has 2 nitrogen and oxygen atoms in total. The van der Waals surface area contributed by atoms with Gasteiger partial charge in [0.25, 0.3) is 0 Å². The Morgan fingerprint density at radius 3 is 2.44 bits per heavy atom. The van der Waals surface area contributed by atoms with Gasteiger partial charge in [0, 0.05) is 16.3 Å². The number of hydrogen-bond donors (Lipinski definition) is 1. The topological polar surface area (TPSA) is 24.7 Å². The third-order valence-corrected chi connectivity index (χ3v) is 3.35. The van der Waals surface area contributed by atoms with Crippen LogP contribution >= 0.6 is 12.6 Å². The van der Waals surface area contributed by atoms with E-state index in [2.05, 4.69) is 42.2 Å². The van der Waals surface area contributed by atoms with Crippen LogP contribution in [0, 0.1) is 5.92 Å². The highest BCUT2D eigenvalue weighted by atomic mass is 32.1. The molecule has 0 unspecified atom stereocenters. The lowest BCUT2D eigenvalue weighted by molar-refractivity contribution is 0.907. The van der Waals surface area contributed by atoms with Crippen molar-refractivity contribution < 1.29 is 0 Å². The quantitative estimate of drug-likeness (QED) is 0.441. The molecule has 1 heterocycles. The third-order valence-electron chi connectivity index (χ3n) is 2.97. The number of rotatable bonds is 2. The molecule has 3 heteroatoms. The number of fused-ring (bicyclic) bond motifs is 1. The number of nitrogens with zero attached hydrogens (tertiary/aromatic N) is 2. The summed E-state index contributed by atoms with van der Waals surface area (Å²) in [6.07, 6.45) is 7.48. The van der Waals surface area contributed by atoms with Crippen molar-refractivity contribution in [1.29, 1.82) is 0 Å². The molecule has 2 aromatic rings. The number of benzene rings is 2. The minimum Gasteiger partial charge on any atom is -0.260 e. The van der Waals surface area contributed by atoms with Crippen LogP contribution in [-0.2, 0) is 0 Å². The Balaban J connectivity index is 0.000000228. The molecule has 0 saturated carbocycles. The molecule has 0 N–H and O–H groups in total. The molecule has 0 atom stereocenters. The van der Waals surface area contributed by atoms with E-state index in [9.17, 15) is 0 Å². The zero-order valence-electron chi connectivity index (χ0n) is 15.3. The van der Waals surface area contributed by atoms with Gasteiger partial charge in [0.05, 0.1) is 17.2 Å². The van der Waals surface area contributed by atoms with Crippen LogP contribution in [0.4, 0.5) is 5.69 Å². The maximum absolute atomic E-state index is 4.30. The van der Waals surface area contributed by atoms with E-state index in [1.807, 2.05) is 80.7 Å². The van der Waals surface area contributed by atoms with Crippen LogP contribution < -0.4 is 10.6 Å². The predicted molar refractivity (Wildman–Crippen MR) is 112 cm³/mol. The Morgan fingerprint density at radius 2 is 1.72 bits per heavy atom. The van der Waals surface area contributed by atoms with Gasteiger partial charge in [-0.1, -0.05) is 58.0 Å². The van der Waals surface area contributed by atoms with Crippen LogP contribution in [0.3, 0.4) is 0 Å². The van der Waals surface area contributed by atoms with Crippen LogP contribution in [0.2, 0.25) is 0 Å². The van der Waals surface area contributed by atoms with Gasteiger partial charge in [0.15, 0.2) is 0 Å². The van der Waals surface area contributed by atoms with Gasteiger partial charge in [-0.05, 0) is 36.3 Å². The van der Waals surface area contributed by atoms with E-state index in [1.54, 1.807) is 6.20 Å². The lowest BCUT2D eigenvalue weighted by Gasteiger charge is -1.98. The van der Waals surface area contributed by atoms with Gasteiger partial charge in [0.2, 0.25) is 0 Å². The number of allylic oxidation sites excluding steroid dienone is 1. The number of hydrogen-bond acceptors (Lipinski definition) is 3. The molecule has 3 rings (SSSR count). The summed E-state index contributed by atoms with van der Waals surface area (Å²) in [7, 11) is 0. The fourth-order valence-corrected chi connectivity index (χ4v) is 2.05. The molecule has 0 bridgehead atoms. The van der Waals surface area contributed by atoms with Gasteiger partial charge in [-0.2, -0.15) is 0 Å². The molecular formula is C22H26N2S. The summed E-state index contributed by atoms with van der Waals surface area (Å²) in [5.41, 5.74) is 3.86. The molecule has 0 amide bonds. The molecular weight excluding hydrogens is 324 g/mol. The van der Waals surface area contributed by atoms with E-state index in [0.717, 1.165) is 21.2 Å². The van der Waals surface area contributed by atoms with E-state index < -0.39 is 0 Å². The molecule has 0 spiro atoms. The van der Waals surface area contributed by atoms with E-state index in [0.29, 0.717) is 5.92 Å². The Morgan fingerprint density at radius 1 is 1.04 bits per heavy atom. The molecule has 0 aromatic heterocycles. The van der Waals surface area contributed by atoms with E-state index in [-0.39, 0.29) is 0 Å². The zero-order valence-corrected chi connectivity index (χ0v) is 16.2. The highest BCUT2D eigenvalue weighted by Gasteiger charge is 1.93. The van der Waals surface area contributed by atoms with E-state index in [1.165, 1.54) is 0 Å². The second-order valence-corrected chi connectivity index (χ2v) is 5.81. The van der Waals surface area contributed by atoms with Gasteiger partial charge in [-0.25, -0.2) is 4.99 Å². The number of aliphatic imine (C=N–C) groups is 1. The van der Waals surface area contributed by atoms with Crippen LogP contribution in [0.1, 0.15) is 27.7 Å². The number of thiol groups is 1. The zero-order chi connectivity index (χ0) is 18.5. The SMILES string of the molecule is C1=CC=c2ccccc2=NC=1.CC.CC(C)C=Nc1ccccc1S. The molecule has 0 radical (unpaired) electrons. The highest BCUT2D eigenvalue weighted by Crippen LogP contribution is 2.21. The van der Waals surface area contributed by atoms with Crippen molar-refractivity contribution in [2.24, 2.45) is 15.9 Å². The maximum Gasteiger partial charge on any atom is 0.0758 e. The lowest BCUT2D eigenvalue weighted by atomic mass is 10.2. The summed E-state index contributed by atoms with van der Waals surface area (Å²) >= 11 is 4.29. The minimum atomic E-state index is 0.484. The van der Waals surface area contributed by atoms with Crippen LogP contribution in [-0.4, -0.2) is 6.21 Å². The van der Waals surface area contributed by atoms with E-state index >= 15 is 0 Å². The largest absolute Gasteiger partial charge is 0.260 e. The van der Waals surface area contributed by atoms with Gasteiger partial charge in [0.1, 0.15) is 0 Å². The first-order valence-electron chi connectivity index (χ1n) is 8.53. The molecule has 0 fully saturated rings. The summed E-state index contributed by atoms with van der Waals surface area (Å²) in [5, 5.41) is 2.16. The monoisotopic (exact) mass is 350 g/mol. The standard InChI is InChI=1S/C10H13NS.C10H7N.C2H6/c1-8(2)7-11-9-5-3-4-6-10(9)12;1-2-7-10-9(5-1)6-3-4-8-11-10;1-2/h3-8,12H,1-2H3;1-3,5-8H;1-2H3. The van der Waals surface area contributed by atoms with Gasteiger partial charge >= 0.3 is 0 Å². The van der Waals surface area contributed by atoms with Crippen molar-refractivity contribution in [2.75, 3.05) is 0 Å². The van der Waals surface area contributed by atoms with Crippen molar-refractivity contribution in [3.8, 4) is 0 Å². The van der Waals surface area contributed by atoms with Gasteiger partial charge in [-0.3, -0.25) is 4.99 Å².